The molecule has 0 unspecified atom stereocenters. The van der Waals surface area contributed by atoms with Crippen LogP contribution >= 0.6 is 40.2 Å². The molecule has 0 aromatic rings. The number of unbranched alkanes of at least 4 members (excludes halogenated alkanes) is 2. The summed E-state index contributed by atoms with van der Waals surface area (Å²) in [6.45, 7) is 0.541. The van der Waals surface area contributed by atoms with Gasteiger partial charge in [0, 0.05) is 25.0 Å². The molecule has 0 fully saturated rings. The Morgan fingerprint density at radius 2 is 1.00 bits per heavy atom. The van der Waals surface area contributed by atoms with Gasteiger partial charge in [-0.3, -0.25) is 0 Å². The Balaban J connectivity index is -0.000000153. The predicted octanol–water partition coefficient (Wildman–Crippen LogP) is 3.37. The van der Waals surface area contributed by atoms with E-state index < -0.39 is 20.8 Å². The van der Waals surface area contributed by atoms with Crippen molar-refractivity contribution in [1.82, 2.24) is 0 Å². The topological polar surface area (TPSA) is 40.5 Å². The van der Waals surface area contributed by atoms with Crippen LogP contribution in [0.3, 0.4) is 0 Å². The van der Waals surface area contributed by atoms with Crippen LogP contribution < -0.4 is 0 Å². The molecule has 0 aliphatic heterocycles. The molecule has 0 spiro atoms. The molecule has 0 aromatic heterocycles. The minimum absolute atomic E-state index is 0.271. The standard InChI is InChI=1S/2C4H9ClO.2ClH.Zr/c2*5-3-1-2-4-6;;;/h2*6H,1-4H2;2*1H;/q;;;;+2/p-2. The first-order valence-electron chi connectivity index (χ1n) is 4.54. The molecular weight excluding hydrogens is 361 g/mol. The second-order valence-corrected chi connectivity index (χ2v) is 6.80. The Kier molecular flexibility index (Phi) is 44.0. The van der Waals surface area contributed by atoms with Crippen molar-refractivity contribution in [2.75, 3.05) is 25.0 Å². The molecule has 0 amide bonds. The van der Waals surface area contributed by atoms with E-state index in [0.717, 1.165) is 25.7 Å². The number of halogens is 4. The summed E-state index contributed by atoms with van der Waals surface area (Å²) >= 11 is 9.71. The first kappa shape index (κ1) is 22.2. The molecule has 0 saturated heterocycles. The van der Waals surface area contributed by atoms with Gasteiger partial charge in [0.15, 0.2) is 0 Å². The maximum atomic E-state index is 8.14. The molecule has 2 nitrogen and oxygen atoms in total. The van der Waals surface area contributed by atoms with Crippen molar-refractivity contribution >= 4 is 40.2 Å². The fourth-order valence-corrected chi connectivity index (χ4v) is 0.791. The van der Waals surface area contributed by atoms with Crippen LogP contribution in [0.15, 0.2) is 0 Å². The fraction of sp³-hybridized carbons (Fsp3) is 1.00. The number of aliphatic hydroxyl groups is 2. The van der Waals surface area contributed by atoms with Gasteiger partial charge in [-0.15, -0.1) is 23.2 Å². The van der Waals surface area contributed by atoms with E-state index in [1.165, 1.54) is 0 Å². The number of rotatable bonds is 6. The van der Waals surface area contributed by atoms with E-state index in [1.807, 2.05) is 0 Å². The average molecular weight is 379 g/mol. The van der Waals surface area contributed by atoms with Crippen LogP contribution in [0.4, 0.5) is 0 Å². The summed E-state index contributed by atoms with van der Waals surface area (Å²) in [7, 11) is 9.87. The number of hydrogen-bond donors (Lipinski definition) is 2. The second-order valence-electron chi connectivity index (χ2n) is 2.31. The molecule has 0 saturated carbocycles. The summed E-state index contributed by atoms with van der Waals surface area (Å²) in [5.41, 5.74) is 0. The molecule has 0 aliphatic rings. The summed E-state index contributed by atoms with van der Waals surface area (Å²) in [5.74, 6) is 1.33. The van der Waals surface area contributed by atoms with Crippen molar-refractivity contribution in [2.45, 2.75) is 25.7 Å². The van der Waals surface area contributed by atoms with E-state index in [9.17, 15) is 0 Å². The van der Waals surface area contributed by atoms with Crippen LogP contribution in [0.5, 0.6) is 0 Å². The molecule has 15 heavy (non-hydrogen) atoms. The van der Waals surface area contributed by atoms with E-state index in [0.29, 0.717) is 11.8 Å². The Bertz CT molecular complexity index is 65.7. The Labute approximate surface area is 121 Å². The molecule has 0 aromatic carbocycles. The maximum absolute atomic E-state index is 8.14. The van der Waals surface area contributed by atoms with E-state index in [1.54, 1.807) is 0 Å². The third-order valence-corrected chi connectivity index (χ3v) is 1.62. The molecule has 2 N–H and O–H groups in total. The fourth-order valence-electron chi connectivity index (χ4n) is 0.413. The zero-order valence-electron chi connectivity index (χ0n) is 8.56. The van der Waals surface area contributed by atoms with Gasteiger partial charge in [0.2, 0.25) is 0 Å². The van der Waals surface area contributed by atoms with Crippen LogP contribution in [0, 0.1) is 0 Å². The van der Waals surface area contributed by atoms with Crippen LogP contribution in [0.25, 0.3) is 0 Å². The predicted molar refractivity (Wildman–Crippen MR) is 65.8 cm³/mol. The van der Waals surface area contributed by atoms with Crippen molar-refractivity contribution in [3.05, 3.63) is 0 Å². The van der Waals surface area contributed by atoms with Crippen molar-refractivity contribution in [3.63, 3.8) is 0 Å². The zero-order chi connectivity index (χ0) is 12.4. The van der Waals surface area contributed by atoms with Gasteiger partial charge in [-0.1, -0.05) is 0 Å². The normalized spacial score (nSPS) is 8.13. The SMILES string of the molecule is OCCCCCl.OCCCCCl.[Cl][Zr][Cl]. The van der Waals surface area contributed by atoms with Crippen LogP contribution in [0.1, 0.15) is 25.7 Å². The van der Waals surface area contributed by atoms with E-state index >= 15 is 0 Å². The van der Waals surface area contributed by atoms with Gasteiger partial charge in [-0.25, -0.2) is 0 Å². The number of alkyl halides is 2. The molecular formula is C8H18Cl4O2Zr. The molecule has 0 rings (SSSR count). The van der Waals surface area contributed by atoms with Crippen LogP contribution in [-0.4, -0.2) is 35.2 Å². The average Bonchev–Trinajstić information content (AvgIpc) is 2.25. The van der Waals surface area contributed by atoms with Crippen molar-refractivity contribution in [2.24, 2.45) is 0 Å². The summed E-state index contributed by atoms with van der Waals surface area (Å²) in [6.07, 6.45) is 3.53. The summed E-state index contributed by atoms with van der Waals surface area (Å²) < 4.78 is 0. The van der Waals surface area contributed by atoms with Gasteiger partial charge in [0.25, 0.3) is 0 Å². The Morgan fingerprint density at radius 3 is 1.07 bits per heavy atom. The summed E-state index contributed by atoms with van der Waals surface area (Å²) in [4.78, 5) is 0. The van der Waals surface area contributed by atoms with Crippen LogP contribution in [0.2, 0.25) is 0 Å². The quantitative estimate of drug-likeness (QED) is 0.549. The van der Waals surface area contributed by atoms with Crippen molar-refractivity contribution < 1.29 is 31.1 Å². The molecule has 7 heteroatoms. The number of aliphatic hydroxyl groups excluding tert-OH is 2. The van der Waals surface area contributed by atoms with Gasteiger partial charge in [-0.05, 0) is 25.7 Å². The summed E-state index contributed by atoms with van der Waals surface area (Å²) in [6, 6.07) is 0. The van der Waals surface area contributed by atoms with Gasteiger partial charge in [0.05, 0.1) is 0 Å². The molecule has 0 aliphatic carbocycles. The van der Waals surface area contributed by atoms with Gasteiger partial charge >= 0.3 is 37.9 Å². The van der Waals surface area contributed by atoms with Gasteiger partial charge in [0.1, 0.15) is 0 Å². The molecule has 94 valence electrons. The molecule has 0 atom stereocenters. The first-order valence-corrected chi connectivity index (χ1v) is 11.9. The second kappa shape index (κ2) is 29.7. The van der Waals surface area contributed by atoms with Crippen LogP contribution in [-0.2, 0) is 20.8 Å². The summed E-state index contributed by atoms with van der Waals surface area (Å²) in [5, 5.41) is 16.3. The third kappa shape index (κ3) is 49.1. The molecule has 0 heterocycles. The minimum atomic E-state index is -0.826. The van der Waals surface area contributed by atoms with E-state index in [-0.39, 0.29) is 13.2 Å². The number of hydrogen-bond acceptors (Lipinski definition) is 2. The van der Waals surface area contributed by atoms with Gasteiger partial charge < -0.3 is 10.2 Å². The molecule has 0 bridgehead atoms. The Morgan fingerprint density at radius 1 is 0.733 bits per heavy atom. The monoisotopic (exact) mass is 376 g/mol. The Hall–Kier alpha value is 1.96. The van der Waals surface area contributed by atoms with Crippen molar-refractivity contribution in [1.29, 1.82) is 0 Å². The van der Waals surface area contributed by atoms with E-state index in [4.69, 9.17) is 50.4 Å². The zero-order valence-corrected chi connectivity index (χ0v) is 14.0. The van der Waals surface area contributed by atoms with Gasteiger partial charge in [-0.2, -0.15) is 0 Å². The van der Waals surface area contributed by atoms with Crippen molar-refractivity contribution in [3.8, 4) is 0 Å². The third-order valence-electron chi connectivity index (χ3n) is 1.08. The molecule has 0 radical (unpaired) electrons. The van der Waals surface area contributed by atoms with E-state index in [2.05, 4.69) is 0 Å². The first-order chi connectivity index (χ1) is 7.24.